The molecule has 7 heteroatoms. The van der Waals surface area contributed by atoms with Crippen LogP contribution in [0.2, 0.25) is 0 Å². The Hall–Kier alpha value is -3.35. The van der Waals surface area contributed by atoms with Crippen molar-refractivity contribution in [1.29, 1.82) is 0 Å². The molecule has 0 saturated carbocycles. The number of rotatable bonds is 5. The van der Waals surface area contributed by atoms with Crippen LogP contribution in [0.25, 0.3) is 11.5 Å². The highest BCUT2D eigenvalue weighted by molar-refractivity contribution is 5.96. The van der Waals surface area contributed by atoms with E-state index in [-0.39, 0.29) is 11.8 Å². The number of methoxy groups -OCH3 is 2. The van der Waals surface area contributed by atoms with E-state index < -0.39 is 0 Å². The molecule has 1 unspecified atom stereocenters. The molecule has 0 N–H and O–H groups in total. The Labute approximate surface area is 162 Å². The van der Waals surface area contributed by atoms with Gasteiger partial charge in [0.1, 0.15) is 11.5 Å². The van der Waals surface area contributed by atoms with E-state index in [0.29, 0.717) is 41.7 Å². The molecule has 1 atom stereocenters. The number of hydrogen-bond acceptors (Lipinski definition) is 6. The molecule has 1 aliphatic heterocycles. The van der Waals surface area contributed by atoms with Gasteiger partial charge in [-0.05, 0) is 36.8 Å². The number of aryl methyl sites for hydroxylation is 1. The van der Waals surface area contributed by atoms with Crippen molar-refractivity contribution in [1.82, 2.24) is 10.1 Å². The van der Waals surface area contributed by atoms with Crippen LogP contribution in [-0.4, -0.2) is 36.8 Å². The predicted octanol–water partition coefficient (Wildman–Crippen LogP) is 3.58. The molecule has 1 aliphatic rings. The molecule has 1 saturated heterocycles. The molecule has 3 aromatic rings. The van der Waals surface area contributed by atoms with Crippen molar-refractivity contribution in [3.63, 3.8) is 0 Å². The quantitative estimate of drug-likeness (QED) is 0.674. The average Bonchev–Trinajstić information content (AvgIpc) is 3.34. The molecule has 1 amide bonds. The minimum Gasteiger partial charge on any atom is -0.497 e. The minimum absolute atomic E-state index is 0.0592. The van der Waals surface area contributed by atoms with Crippen LogP contribution in [0.5, 0.6) is 11.5 Å². The monoisotopic (exact) mass is 379 g/mol. The Morgan fingerprint density at radius 2 is 2.00 bits per heavy atom. The molecule has 0 radical (unpaired) electrons. The van der Waals surface area contributed by atoms with Crippen molar-refractivity contribution < 1.29 is 18.8 Å². The van der Waals surface area contributed by atoms with Crippen LogP contribution in [0, 0.1) is 6.92 Å². The van der Waals surface area contributed by atoms with Crippen molar-refractivity contribution in [3.8, 4) is 23.0 Å². The molecule has 1 aromatic heterocycles. The number of benzene rings is 2. The van der Waals surface area contributed by atoms with Gasteiger partial charge in [-0.25, -0.2) is 0 Å². The van der Waals surface area contributed by atoms with E-state index in [0.717, 1.165) is 11.3 Å². The van der Waals surface area contributed by atoms with Crippen LogP contribution in [0.15, 0.2) is 47.0 Å². The summed E-state index contributed by atoms with van der Waals surface area (Å²) in [7, 11) is 3.17. The maximum Gasteiger partial charge on any atom is 0.261 e. The van der Waals surface area contributed by atoms with Crippen LogP contribution >= 0.6 is 0 Å². The summed E-state index contributed by atoms with van der Waals surface area (Å²) < 4.78 is 16.1. The Morgan fingerprint density at radius 3 is 2.75 bits per heavy atom. The smallest absolute Gasteiger partial charge is 0.261 e. The highest BCUT2D eigenvalue weighted by Gasteiger charge is 2.34. The van der Waals surface area contributed by atoms with Gasteiger partial charge in [0.2, 0.25) is 5.91 Å². The first-order valence-electron chi connectivity index (χ1n) is 9.02. The van der Waals surface area contributed by atoms with Crippen LogP contribution in [0.1, 0.15) is 23.7 Å². The average molecular weight is 379 g/mol. The molecule has 7 nitrogen and oxygen atoms in total. The zero-order chi connectivity index (χ0) is 19.7. The Morgan fingerprint density at radius 1 is 1.14 bits per heavy atom. The number of carbonyl (C=O) groups excluding carboxylic acids is 1. The molecule has 0 aliphatic carbocycles. The zero-order valence-electron chi connectivity index (χ0n) is 16.0. The van der Waals surface area contributed by atoms with E-state index in [9.17, 15) is 4.79 Å². The third-order valence-corrected chi connectivity index (χ3v) is 4.88. The molecular weight excluding hydrogens is 358 g/mol. The Kier molecular flexibility index (Phi) is 4.73. The first-order valence-corrected chi connectivity index (χ1v) is 9.02. The molecule has 28 heavy (non-hydrogen) atoms. The van der Waals surface area contributed by atoms with Gasteiger partial charge in [-0.3, -0.25) is 4.79 Å². The van der Waals surface area contributed by atoms with Gasteiger partial charge in [-0.15, -0.1) is 0 Å². The largest absolute Gasteiger partial charge is 0.497 e. The van der Waals surface area contributed by atoms with Gasteiger partial charge in [-0.1, -0.05) is 17.3 Å². The van der Waals surface area contributed by atoms with Crippen molar-refractivity contribution in [2.75, 3.05) is 25.7 Å². The molecule has 2 aromatic carbocycles. The summed E-state index contributed by atoms with van der Waals surface area (Å²) in [4.78, 5) is 18.8. The van der Waals surface area contributed by atoms with Crippen LogP contribution in [0.3, 0.4) is 0 Å². The van der Waals surface area contributed by atoms with Crippen LogP contribution in [0.4, 0.5) is 5.69 Å². The second-order valence-electron chi connectivity index (χ2n) is 6.77. The van der Waals surface area contributed by atoms with E-state index in [2.05, 4.69) is 10.1 Å². The summed E-state index contributed by atoms with van der Waals surface area (Å²) >= 11 is 0. The number of nitrogens with zero attached hydrogens (tertiary/aromatic N) is 3. The van der Waals surface area contributed by atoms with Gasteiger partial charge in [-0.2, -0.15) is 4.98 Å². The second-order valence-corrected chi connectivity index (χ2v) is 6.77. The van der Waals surface area contributed by atoms with Crippen LogP contribution in [-0.2, 0) is 4.79 Å². The van der Waals surface area contributed by atoms with Crippen molar-refractivity contribution in [2.24, 2.45) is 0 Å². The number of aromatic nitrogens is 2. The highest BCUT2D eigenvalue weighted by Crippen LogP contribution is 2.35. The normalized spacial score (nSPS) is 16.5. The summed E-state index contributed by atoms with van der Waals surface area (Å²) in [5.74, 6) is 2.08. The number of anilines is 1. The van der Waals surface area contributed by atoms with Crippen molar-refractivity contribution in [2.45, 2.75) is 19.3 Å². The number of ether oxygens (including phenoxy) is 2. The molecule has 2 heterocycles. The summed E-state index contributed by atoms with van der Waals surface area (Å²) in [6.07, 6.45) is 0.354. The lowest BCUT2D eigenvalue weighted by Gasteiger charge is -2.16. The van der Waals surface area contributed by atoms with E-state index in [1.54, 1.807) is 31.3 Å². The van der Waals surface area contributed by atoms with Gasteiger partial charge in [0, 0.05) is 30.6 Å². The summed E-state index contributed by atoms with van der Waals surface area (Å²) in [6, 6.07) is 13.3. The summed E-state index contributed by atoms with van der Waals surface area (Å²) in [6.45, 7) is 2.54. The fourth-order valence-corrected chi connectivity index (χ4v) is 3.41. The van der Waals surface area contributed by atoms with Crippen molar-refractivity contribution >= 4 is 11.6 Å². The summed E-state index contributed by atoms with van der Waals surface area (Å²) in [5, 5.41) is 4.12. The lowest BCUT2D eigenvalue weighted by Crippen LogP contribution is -2.24. The van der Waals surface area contributed by atoms with Gasteiger partial charge in [0.15, 0.2) is 5.82 Å². The fraction of sp³-hybridized carbons (Fsp3) is 0.286. The molecule has 0 bridgehead atoms. The standard InChI is InChI=1S/C21H21N3O4/c1-13-5-4-6-15(9-13)24-12-14(10-19(24)25)20-22-21(28-23-20)17-8-7-16(26-2)11-18(17)27-3/h4-9,11,14H,10,12H2,1-3H3. The van der Waals surface area contributed by atoms with Crippen LogP contribution < -0.4 is 14.4 Å². The van der Waals surface area contributed by atoms with Gasteiger partial charge < -0.3 is 18.9 Å². The number of hydrogen-bond donors (Lipinski definition) is 0. The molecular formula is C21H21N3O4. The first-order chi connectivity index (χ1) is 13.6. The van der Waals surface area contributed by atoms with E-state index in [4.69, 9.17) is 14.0 Å². The highest BCUT2D eigenvalue weighted by atomic mass is 16.5. The summed E-state index contributed by atoms with van der Waals surface area (Å²) in [5.41, 5.74) is 2.69. The number of carbonyl (C=O) groups is 1. The molecule has 4 rings (SSSR count). The maximum absolute atomic E-state index is 12.5. The first kappa shape index (κ1) is 18.0. The lowest BCUT2D eigenvalue weighted by molar-refractivity contribution is -0.117. The molecule has 1 fully saturated rings. The molecule has 144 valence electrons. The van der Waals surface area contributed by atoms with Crippen molar-refractivity contribution in [3.05, 3.63) is 53.9 Å². The Bertz CT molecular complexity index is 1010. The topological polar surface area (TPSA) is 77.7 Å². The zero-order valence-corrected chi connectivity index (χ0v) is 16.0. The SMILES string of the molecule is COc1ccc(-c2nc(C3CC(=O)N(c4cccc(C)c4)C3)no2)c(OC)c1. The predicted molar refractivity (Wildman–Crippen MR) is 104 cm³/mol. The van der Waals surface area contributed by atoms with E-state index in [1.165, 1.54) is 0 Å². The van der Waals surface area contributed by atoms with Gasteiger partial charge >= 0.3 is 0 Å². The minimum atomic E-state index is -0.116. The van der Waals surface area contributed by atoms with E-state index in [1.807, 2.05) is 37.3 Å². The Balaban J connectivity index is 1.58. The van der Waals surface area contributed by atoms with E-state index >= 15 is 0 Å². The third-order valence-electron chi connectivity index (χ3n) is 4.88. The molecule has 0 spiro atoms. The second kappa shape index (κ2) is 7.34. The maximum atomic E-state index is 12.5. The third kappa shape index (κ3) is 3.31. The van der Waals surface area contributed by atoms with Gasteiger partial charge in [0.05, 0.1) is 19.8 Å². The fourth-order valence-electron chi connectivity index (χ4n) is 3.41. The lowest BCUT2D eigenvalue weighted by atomic mass is 10.1. The number of amides is 1. The van der Waals surface area contributed by atoms with Gasteiger partial charge in [0.25, 0.3) is 5.89 Å².